The van der Waals surface area contributed by atoms with Crippen LogP contribution < -0.4 is 4.90 Å². The van der Waals surface area contributed by atoms with Crippen molar-refractivity contribution >= 4 is 34.2 Å². The first-order valence-corrected chi connectivity index (χ1v) is 8.56. The lowest BCUT2D eigenvalue weighted by atomic mass is 10.00. The second-order valence-electron chi connectivity index (χ2n) is 6.38. The monoisotopic (exact) mass is 357 g/mol. The van der Waals surface area contributed by atoms with Crippen molar-refractivity contribution in [3.63, 3.8) is 0 Å². The lowest BCUT2D eigenvalue weighted by Gasteiger charge is -2.30. The maximum absolute atomic E-state index is 14.5. The summed E-state index contributed by atoms with van der Waals surface area (Å²) in [6.45, 7) is 2.41. The van der Waals surface area contributed by atoms with Crippen molar-refractivity contribution in [1.82, 2.24) is 9.55 Å². The summed E-state index contributed by atoms with van der Waals surface area (Å²) in [6.07, 6.45) is 1.50. The summed E-state index contributed by atoms with van der Waals surface area (Å²) in [5, 5.41) is 0.357. The molecule has 0 unspecified atom stereocenters. The molecule has 1 aliphatic heterocycles. The summed E-state index contributed by atoms with van der Waals surface area (Å²) < 4.78 is 16.4. The summed E-state index contributed by atoms with van der Waals surface area (Å²) in [6, 6.07) is 8.42. The molecule has 1 aliphatic rings. The zero-order valence-corrected chi connectivity index (χ0v) is 14.8. The van der Waals surface area contributed by atoms with E-state index >= 15 is 0 Å². The predicted octanol–water partition coefficient (Wildman–Crippen LogP) is 4.27. The number of carbonyl (C=O) groups is 1. The molecule has 4 rings (SSSR count). The summed E-state index contributed by atoms with van der Waals surface area (Å²) in [7, 11) is 1.94. The van der Waals surface area contributed by atoms with E-state index < -0.39 is 5.82 Å². The minimum atomic E-state index is -0.453. The number of imidazole rings is 1. The van der Waals surface area contributed by atoms with Crippen LogP contribution >= 0.6 is 11.6 Å². The van der Waals surface area contributed by atoms with Crippen LogP contribution in [-0.2, 0) is 13.5 Å². The minimum absolute atomic E-state index is 0.215. The lowest BCUT2D eigenvalue weighted by molar-refractivity contribution is 0.0984. The van der Waals surface area contributed by atoms with E-state index in [0.717, 1.165) is 35.3 Å². The molecular weight excluding hydrogens is 341 g/mol. The van der Waals surface area contributed by atoms with Crippen LogP contribution in [0.5, 0.6) is 0 Å². The maximum atomic E-state index is 14.5. The fourth-order valence-corrected chi connectivity index (χ4v) is 3.69. The van der Waals surface area contributed by atoms with Gasteiger partial charge in [-0.15, -0.1) is 0 Å². The van der Waals surface area contributed by atoms with Gasteiger partial charge in [0.2, 0.25) is 0 Å². The largest absolute Gasteiger partial charge is 0.331 e. The first-order chi connectivity index (χ1) is 12.0. The molecule has 6 heteroatoms. The van der Waals surface area contributed by atoms with Gasteiger partial charge in [-0.1, -0.05) is 11.6 Å². The van der Waals surface area contributed by atoms with Crippen LogP contribution in [0, 0.1) is 12.7 Å². The number of rotatable bonds is 1. The SMILES string of the molecule is Cc1nc2cc(C(=O)N3CCCc4cc(Cl)cc(F)c43)ccc2n1C. The highest BCUT2D eigenvalue weighted by molar-refractivity contribution is 6.30. The van der Waals surface area contributed by atoms with Crippen molar-refractivity contribution in [3.8, 4) is 0 Å². The molecule has 0 fully saturated rings. The number of hydrogen-bond donors (Lipinski definition) is 0. The topological polar surface area (TPSA) is 38.1 Å². The molecule has 3 aromatic rings. The van der Waals surface area contributed by atoms with Crippen LogP contribution in [0.2, 0.25) is 5.02 Å². The Balaban J connectivity index is 1.78. The molecule has 0 radical (unpaired) electrons. The molecule has 2 heterocycles. The van der Waals surface area contributed by atoms with Gasteiger partial charge >= 0.3 is 0 Å². The molecule has 4 nitrogen and oxygen atoms in total. The summed E-state index contributed by atoms with van der Waals surface area (Å²) >= 11 is 5.95. The first kappa shape index (κ1) is 16.1. The van der Waals surface area contributed by atoms with Gasteiger partial charge in [0.15, 0.2) is 0 Å². The van der Waals surface area contributed by atoms with Crippen molar-refractivity contribution in [1.29, 1.82) is 0 Å². The summed E-state index contributed by atoms with van der Waals surface area (Å²) in [5.74, 6) is 0.210. The molecule has 0 aliphatic carbocycles. The Morgan fingerprint density at radius 1 is 1.28 bits per heavy atom. The van der Waals surface area contributed by atoms with Crippen molar-refractivity contribution < 1.29 is 9.18 Å². The standard InChI is InChI=1S/C19H17ClFN3O/c1-11-22-16-9-13(5-6-17(16)23(11)2)19(25)24-7-3-4-12-8-14(20)10-15(21)18(12)24/h5-6,8-10H,3-4,7H2,1-2H3. The fourth-order valence-electron chi connectivity index (χ4n) is 3.46. The van der Waals surface area contributed by atoms with Gasteiger partial charge in [-0.25, -0.2) is 9.37 Å². The van der Waals surface area contributed by atoms with Crippen LogP contribution in [0.1, 0.15) is 28.2 Å². The van der Waals surface area contributed by atoms with Crippen LogP contribution in [0.4, 0.5) is 10.1 Å². The summed E-state index contributed by atoms with van der Waals surface area (Å²) in [5.41, 5.74) is 3.36. The van der Waals surface area contributed by atoms with Crippen LogP contribution in [0.3, 0.4) is 0 Å². The lowest BCUT2D eigenvalue weighted by Crippen LogP contribution is -2.36. The van der Waals surface area contributed by atoms with Crippen LogP contribution in [0.25, 0.3) is 11.0 Å². The average Bonchev–Trinajstić information content (AvgIpc) is 2.87. The van der Waals surface area contributed by atoms with Crippen molar-refractivity contribution in [2.24, 2.45) is 7.05 Å². The van der Waals surface area contributed by atoms with Gasteiger partial charge in [0, 0.05) is 24.2 Å². The minimum Gasteiger partial charge on any atom is -0.331 e. The number of anilines is 1. The number of nitrogens with zero attached hydrogens (tertiary/aromatic N) is 3. The average molecular weight is 358 g/mol. The number of halogens is 2. The Kier molecular flexibility index (Phi) is 3.76. The highest BCUT2D eigenvalue weighted by Crippen LogP contribution is 2.34. The molecule has 0 N–H and O–H groups in total. The van der Waals surface area contributed by atoms with Crippen LogP contribution in [-0.4, -0.2) is 22.0 Å². The van der Waals surface area contributed by atoms with E-state index in [2.05, 4.69) is 4.98 Å². The van der Waals surface area contributed by atoms with E-state index in [1.54, 1.807) is 18.2 Å². The van der Waals surface area contributed by atoms with Gasteiger partial charge in [0.25, 0.3) is 5.91 Å². The van der Waals surface area contributed by atoms with Crippen molar-refractivity contribution in [2.75, 3.05) is 11.4 Å². The first-order valence-electron chi connectivity index (χ1n) is 8.18. The molecule has 0 saturated carbocycles. The van der Waals surface area contributed by atoms with E-state index in [9.17, 15) is 9.18 Å². The third-order valence-electron chi connectivity index (χ3n) is 4.80. The third-order valence-corrected chi connectivity index (χ3v) is 5.02. The van der Waals surface area contributed by atoms with Crippen molar-refractivity contribution in [3.05, 3.63) is 58.1 Å². The molecule has 0 atom stereocenters. The zero-order valence-electron chi connectivity index (χ0n) is 14.0. The number of fused-ring (bicyclic) bond motifs is 2. The molecule has 25 heavy (non-hydrogen) atoms. The third kappa shape index (κ3) is 2.59. The van der Waals surface area contributed by atoms with E-state index in [1.165, 1.54) is 11.0 Å². The van der Waals surface area contributed by atoms with Gasteiger partial charge in [0.05, 0.1) is 16.7 Å². The molecule has 128 valence electrons. The number of carbonyl (C=O) groups excluding carboxylic acids is 1. The van der Waals surface area contributed by atoms with E-state index in [1.807, 2.05) is 24.6 Å². The highest BCUT2D eigenvalue weighted by atomic mass is 35.5. The Hall–Kier alpha value is -2.40. The quantitative estimate of drug-likeness (QED) is 0.652. The Labute approximate surface area is 149 Å². The van der Waals surface area contributed by atoms with Gasteiger partial charge in [0.1, 0.15) is 11.6 Å². The molecule has 0 spiro atoms. The number of benzene rings is 2. The van der Waals surface area contributed by atoms with Crippen LogP contribution in [0.15, 0.2) is 30.3 Å². The number of aryl methyl sites for hydroxylation is 3. The molecule has 0 saturated heterocycles. The van der Waals surface area contributed by atoms with Gasteiger partial charge in [-0.2, -0.15) is 0 Å². The molecular formula is C19H17ClFN3O. The van der Waals surface area contributed by atoms with E-state index in [0.29, 0.717) is 22.8 Å². The zero-order chi connectivity index (χ0) is 17.7. The second-order valence-corrected chi connectivity index (χ2v) is 6.81. The van der Waals surface area contributed by atoms with Gasteiger partial charge in [-0.05, 0) is 55.7 Å². The number of hydrogen-bond acceptors (Lipinski definition) is 2. The molecule has 1 amide bonds. The van der Waals surface area contributed by atoms with Crippen molar-refractivity contribution in [2.45, 2.75) is 19.8 Å². The normalized spacial score (nSPS) is 14.0. The van der Waals surface area contributed by atoms with E-state index in [4.69, 9.17) is 11.6 Å². The highest BCUT2D eigenvalue weighted by Gasteiger charge is 2.27. The fraction of sp³-hybridized carbons (Fsp3) is 0.263. The maximum Gasteiger partial charge on any atom is 0.258 e. The smallest absolute Gasteiger partial charge is 0.258 e. The molecule has 0 bridgehead atoms. The Bertz CT molecular complexity index is 1010. The Morgan fingerprint density at radius 3 is 2.88 bits per heavy atom. The predicted molar refractivity (Wildman–Crippen MR) is 96.9 cm³/mol. The summed E-state index contributed by atoms with van der Waals surface area (Å²) in [4.78, 5) is 19.0. The van der Waals surface area contributed by atoms with E-state index in [-0.39, 0.29) is 5.91 Å². The van der Waals surface area contributed by atoms with Gasteiger partial charge < -0.3 is 9.47 Å². The molecule has 1 aromatic heterocycles. The number of aromatic nitrogens is 2. The Morgan fingerprint density at radius 2 is 2.08 bits per heavy atom. The molecule has 2 aromatic carbocycles. The second kappa shape index (κ2) is 5.85. The van der Waals surface area contributed by atoms with Gasteiger partial charge in [-0.3, -0.25) is 4.79 Å². The number of amides is 1.